The Bertz CT molecular complexity index is 566. The molecule has 23 heavy (non-hydrogen) atoms. The van der Waals surface area contributed by atoms with Gasteiger partial charge in [0.2, 0.25) is 0 Å². The molecule has 0 aliphatic rings. The standard InChI is InChI=1S/C20H27NO2/c1-15(2)20(17-7-5-4-6-8-17)21-13-18(22)14-23-19-11-9-16(3)10-12-19/h4-12,15,18,20-22H,13-14H2,1-3H3. The number of hydrogen-bond donors (Lipinski definition) is 2. The molecular weight excluding hydrogens is 286 g/mol. The van der Waals surface area contributed by atoms with Gasteiger partial charge >= 0.3 is 0 Å². The van der Waals surface area contributed by atoms with Gasteiger partial charge in [-0.3, -0.25) is 0 Å². The zero-order valence-corrected chi connectivity index (χ0v) is 14.2. The molecule has 2 rings (SSSR count). The quantitative estimate of drug-likeness (QED) is 0.780. The smallest absolute Gasteiger partial charge is 0.119 e. The highest BCUT2D eigenvalue weighted by Crippen LogP contribution is 2.21. The monoisotopic (exact) mass is 313 g/mol. The Morgan fingerprint density at radius 3 is 2.26 bits per heavy atom. The zero-order chi connectivity index (χ0) is 16.7. The van der Waals surface area contributed by atoms with Crippen molar-refractivity contribution in [2.45, 2.75) is 32.9 Å². The number of rotatable bonds is 8. The third kappa shape index (κ3) is 5.70. The van der Waals surface area contributed by atoms with E-state index in [4.69, 9.17) is 4.74 Å². The number of benzene rings is 2. The summed E-state index contributed by atoms with van der Waals surface area (Å²) < 4.78 is 5.63. The molecule has 3 heteroatoms. The second-order valence-corrected chi connectivity index (χ2v) is 6.32. The Labute approximate surface area is 139 Å². The molecule has 0 aromatic heterocycles. The minimum absolute atomic E-state index is 0.227. The van der Waals surface area contributed by atoms with E-state index in [-0.39, 0.29) is 12.6 Å². The molecule has 0 bridgehead atoms. The number of aryl methyl sites for hydroxylation is 1. The van der Waals surface area contributed by atoms with Gasteiger partial charge in [0.1, 0.15) is 18.5 Å². The lowest BCUT2D eigenvalue weighted by molar-refractivity contribution is 0.101. The fraction of sp³-hybridized carbons (Fsp3) is 0.400. The van der Waals surface area contributed by atoms with Crippen LogP contribution in [0.4, 0.5) is 0 Å². The fourth-order valence-corrected chi connectivity index (χ4v) is 2.55. The number of aliphatic hydroxyl groups excluding tert-OH is 1. The Morgan fingerprint density at radius 1 is 1.00 bits per heavy atom. The van der Waals surface area contributed by atoms with Crippen LogP contribution in [0.3, 0.4) is 0 Å². The molecule has 124 valence electrons. The molecule has 0 radical (unpaired) electrons. The summed E-state index contributed by atoms with van der Waals surface area (Å²) in [4.78, 5) is 0. The predicted octanol–water partition coefficient (Wildman–Crippen LogP) is 3.72. The second kappa shape index (κ2) is 8.70. The van der Waals surface area contributed by atoms with Crippen LogP contribution in [0, 0.1) is 12.8 Å². The molecule has 2 aromatic carbocycles. The fourth-order valence-electron chi connectivity index (χ4n) is 2.55. The van der Waals surface area contributed by atoms with Crippen molar-refractivity contribution in [2.75, 3.05) is 13.2 Å². The molecule has 0 aliphatic heterocycles. The van der Waals surface area contributed by atoms with E-state index in [0.717, 1.165) is 5.75 Å². The van der Waals surface area contributed by atoms with Crippen LogP contribution >= 0.6 is 0 Å². The zero-order valence-electron chi connectivity index (χ0n) is 14.2. The molecule has 2 atom stereocenters. The third-order valence-corrected chi connectivity index (χ3v) is 3.86. The van der Waals surface area contributed by atoms with Gasteiger partial charge in [0.15, 0.2) is 0 Å². The Hall–Kier alpha value is -1.84. The topological polar surface area (TPSA) is 41.5 Å². The van der Waals surface area contributed by atoms with Gasteiger partial charge in [-0.05, 0) is 30.5 Å². The lowest BCUT2D eigenvalue weighted by Crippen LogP contribution is -2.35. The van der Waals surface area contributed by atoms with E-state index < -0.39 is 6.10 Å². The lowest BCUT2D eigenvalue weighted by atomic mass is 9.96. The van der Waals surface area contributed by atoms with Crippen molar-refractivity contribution in [1.82, 2.24) is 5.32 Å². The summed E-state index contributed by atoms with van der Waals surface area (Å²) in [6, 6.07) is 18.4. The van der Waals surface area contributed by atoms with E-state index in [1.54, 1.807) is 0 Å². The summed E-state index contributed by atoms with van der Waals surface area (Å²) >= 11 is 0. The molecule has 0 saturated heterocycles. The van der Waals surface area contributed by atoms with Crippen LogP contribution in [-0.4, -0.2) is 24.4 Å². The minimum Gasteiger partial charge on any atom is -0.491 e. The van der Waals surface area contributed by atoms with Gasteiger partial charge in [-0.1, -0.05) is 61.9 Å². The molecule has 0 fully saturated rings. The van der Waals surface area contributed by atoms with Gasteiger partial charge in [0.25, 0.3) is 0 Å². The number of aliphatic hydroxyl groups is 1. The highest BCUT2D eigenvalue weighted by molar-refractivity contribution is 5.26. The molecule has 0 saturated carbocycles. The molecule has 2 N–H and O–H groups in total. The number of hydrogen-bond acceptors (Lipinski definition) is 3. The van der Waals surface area contributed by atoms with Crippen molar-refractivity contribution in [3.8, 4) is 5.75 Å². The van der Waals surface area contributed by atoms with E-state index in [1.165, 1.54) is 11.1 Å². The van der Waals surface area contributed by atoms with Crippen LogP contribution in [0.1, 0.15) is 31.0 Å². The highest BCUT2D eigenvalue weighted by Gasteiger charge is 2.16. The van der Waals surface area contributed by atoms with Crippen molar-refractivity contribution >= 4 is 0 Å². The maximum atomic E-state index is 10.2. The molecule has 0 amide bonds. The van der Waals surface area contributed by atoms with Gasteiger partial charge in [-0.25, -0.2) is 0 Å². The van der Waals surface area contributed by atoms with Crippen LogP contribution in [-0.2, 0) is 0 Å². The molecule has 0 spiro atoms. The molecule has 2 aromatic rings. The summed E-state index contributed by atoms with van der Waals surface area (Å²) in [7, 11) is 0. The van der Waals surface area contributed by atoms with Gasteiger partial charge in [0.05, 0.1) is 0 Å². The largest absolute Gasteiger partial charge is 0.491 e. The average Bonchev–Trinajstić information content (AvgIpc) is 2.55. The highest BCUT2D eigenvalue weighted by atomic mass is 16.5. The second-order valence-electron chi connectivity index (χ2n) is 6.32. The van der Waals surface area contributed by atoms with Crippen LogP contribution in [0.25, 0.3) is 0 Å². The summed E-state index contributed by atoms with van der Waals surface area (Å²) in [5.41, 5.74) is 2.44. The summed E-state index contributed by atoms with van der Waals surface area (Å²) in [6.45, 7) is 7.19. The van der Waals surface area contributed by atoms with Crippen LogP contribution < -0.4 is 10.1 Å². The number of ether oxygens (including phenoxy) is 1. The third-order valence-electron chi connectivity index (χ3n) is 3.86. The SMILES string of the molecule is Cc1ccc(OCC(O)CNC(c2ccccc2)C(C)C)cc1. The van der Waals surface area contributed by atoms with Gasteiger partial charge in [-0.2, -0.15) is 0 Å². The first kappa shape index (κ1) is 17.5. The molecule has 0 aliphatic carbocycles. The molecule has 3 nitrogen and oxygen atoms in total. The first-order valence-electron chi connectivity index (χ1n) is 8.22. The maximum Gasteiger partial charge on any atom is 0.119 e. The van der Waals surface area contributed by atoms with E-state index in [9.17, 15) is 5.11 Å². The Morgan fingerprint density at radius 2 is 1.65 bits per heavy atom. The first-order chi connectivity index (χ1) is 11.1. The molecular formula is C20H27NO2. The minimum atomic E-state index is -0.540. The van der Waals surface area contributed by atoms with E-state index >= 15 is 0 Å². The van der Waals surface area contributed by atoms with Crippen molar-refractivity contribution in [3.05, 3.63) is 65.7 Å². The molecule has 2 unspecified atom stereocenters. The van der Waals surface area contributed by atoms with E-state index in [0.29, 0.717) is 12.5 Å². The van der Waals surface area contributed by atoms with Crippen molar-refractivity contribution < 1.29 is 9.84 Å². The van der Waals surface area contributed by atoms with E-state index in [2.05, 4.69) is 31.3 Å². The number of nitrogens with one attached hydrogen (secondary N) is 1. The van der Waals surface area contributed by atoms with Crippen LogP contribution in [0.2, 0.25) is 0 Å². The maximum absolute atomic E-state index is 10.2. The summed E-state index contributed by atoms with van der Waals surface area (Å²) in [6.07, 6.45) is -0.540. The average molecular weight is 313 g/mol. The Kier molecular flexibility index (Phi) is 6.63. The predicted molar refractivity (Wildman–Crippen MR) is 94.7 cm³/mol. The lowest BCUT2D eigenvalue weighted by Gasteiger charge is -2.24. The normalized spacial score (nSPS) is 13.8. The van der Waals surface area contributed by atoms with E-state index in [1.807, 2.05) is 49.4 Å². The van der Waals surface area contributed by atoms with Crippen molar-refractivity contribution in [1.29, 1.82) is 0 Å². The van der Waals surface area contributed by atoms with Gasteiger partial charge in [-0.15, -0.1) is 0 Å². The molecule has 0 heterocycles. The van der Waals surface area contributed by atoms with Crippen LogP contribution in [0.15, 0.2) is 54.6 Å². The van der Waals surface area contributed by atoms with Crippen molar-refractivity contribution in [3.63, 3.8) is 0 Å². The van der Waals surface area contributed by atoms with Crippen molar-refractivity contribution in [2.24, 2.45) is 5.92 Å². The Balaban J connectivity index is 1.82. The van der Waals surface area contributed by atoms with Crippen LogP contribution in [0.5, 0.6) is 5.75 Å². The van der Waals surface area contributed by atoms with Gasteiger partial charge < -0.3 is 15.2 Å². The summed E-state index contributed by atoms with van der Waals surface area (Å²) in [5.74, 6) is 1.24. The first-order valence-corrected chi connectivity index (χ1v) is 8.22. The van der Waals surface area contributed by atoms with Gasteiger partial charge in [0, 0.05) is 12.6 Å². The summed E-state index contributed by atoms with van der Waals surface area (Å²) in [5, 5.41) is 13.6.